The molecule has 0 aliphatic carbocycles. The van der Waals surface area contributed by atoms with Crippen LogP contribution in [0.1, 0.15) is 19.8 Å². The number of unbranched alkanes of at least 4 members (excludes halogenated alkanes) is 1. The lowest BCUT2D eigenvalue weighted by molar-refractivity contribution is 0.395. The van der Waals surface area contributed by atoms with Crippen LogP contribution in [0.3, 0.4) is 0 Å². The van der Waals surface area contributed by atoms with Gasteiger partial charge in [0.1, 0.15) is 23.5 Å². The SMILES string of the molecule is CCCCNc1ncnc(Nc2ccc(OC)cc2OC)c1N. The fraction of sp³-hybridized carbons (Fsp3) is 0.375. The topological polar surface area (TPSA) is 94.3 Å². The number of ether oxygens (including phenoxy) is 2. The van der Waals surface area contributed by atoms with E-state index >= 15 is 0 Å². The largest absolute Gasteiger partial charge is 0.497 e. The third-order valence-corrected chi connectivity index (χ3v) is 3.37. The number of hydrogen-bond donors (Lipinski definition) is 3. The Labute approximate surface area is 136 Å². The summed E-state index contributed by atoms with van der Waals surface area (Å²) in [4.78, 5) is 8.39. The number of hydrogen-bond acceptors (Lipinski definition) is 7. The van der Waals surface area contributed by atoms with E-state index in [9.17, 15) is 0 Å². The molecule has 7 heteroatoms. The predicted octanol–water partition coefficient (Wildman–Crippen LogP) is 3.03. The zero-order valence-electron chi connectivity index (χ0n) is 13.7. The van der Waals surface area contributed by atoms with Crippen molar-refractivity contribution in [1.82, 2.24) is 9.97 Å². The lowest BCUT2D eigenvalue weighted by Gasteiger charge is -2.15. The van der Waals surface area contributed by atoms with Crippen LogP contribution in [0.2, 0.25) is 0 Å². The van der Waals surface area contributed by atoms with Crippen molar-refractivity contribution in [3.05, 3.63) is 24.5 Å². The molecule has 124 valence electrons. The van der Waals surface area contributed by atoms with Gasteiger partial charge in [-0.25, -0.2) is 9.97 Å². The van der Waals surface area contributed by atoms with Gasteiger partial charge in [-0.2, -0.15) is 0 Å². The molecule has 0 amide bonds. The molecule has 1 aromatic heterocycles. The summed E-state index contributed by atoms with van der Waals surface area (Å²) in [7, 11) is 3.21. The summed E-state index contributed by atoms with van der Waals surface area (Å²) in [6, 6.07) is 5.48. The van der Waals surface area contributed by atoms with Gasteiger partial charge in [-0.05, 0) is 18.6 Å². The van der Waals surface area contributed by atoms with Crippen molar-refractivity contribution >= 4 is 23.0 Å². The molecule has 0 spiro atoms. The minimum absolute atomic E-state index is 0.474. The molecule has 0 aliphatic rings. The summed E-state index contributed by atoms with van der Waals surface area (Å²) in [6.45, 7) is 2.96. The van der Waals surface area contributed by atoms with Crippen LogP contribution in [-0.4, -0.2) is 30.7 Å². The third kappa shape index (κ3) is 4.15. The molecule has 0 bridgehead atoms. The molecular weight excluding hydrogens is 294 g/mol. The summed E-state index contributed by atoms with van der Waals surface area (Å²) in [5.41, 5.74) is 7.37. The number of aromatic nitrogens is 2. The van der Waals surface area contributed by atoms with Crippen molar-refractivity contribution < 1.29 is 9.47 Å². The van der Waals surface area contributed by atoms with E-state index in [1.54, 1.807) is 20.3 Å². The number of nitrogens with two attached hydrogens (primary N) is 1. The highest BCUT2D eigenvalue weighted by Crippen LogP contribution is 2.33. The molecule has 23 heavy (non-hydrogen) atoms. The van der Waals surface area contributed by atoms with Gasteiger partial charge in [0.2, 0.25) is 0 Å². The van der Waals surface area contributed by atoms with Gasteiger partial charge in [0, 0.05) is 12.6 Å². The smallest absolute Gasteiger partial charge is 0.159 e. The lowest BCUT2D eigenvalue weighted by atomic mass is 10.2. The van der Waals surface area contributed by atoms with E-state index in [2.05, 4.69) is 27.5 Å². The minimum atomic E-state index is 0.474. The summed E-state index contributed by atoms with van der Waals surface area (Å²) >= 11 is 0. The molecule has 2 rings (SSSR count). The first-order valence-electron chi connectivity index (χ1n) is 7.53. The molecule has 0 atom stereocenters. The Hall–Kier alpha value is -2.70. The van der Waals surface area contributed by atoms with Crippen LogP contribution in [-0.2, 0) is 0 Å². The van der Waals surface area contributed by atoms with Crippen molar-refractivity contribution in [2.45, 2.75) is 19.8 Å². The molecule has 7 nitrogen and oxygen atoms in total. The fourth-order valence-electron chi connectivity index (χ4n) is 2.05. The maximum Gasteiger partial charge on any atom is 0.159 e. The molecule has 1 aromatic carbocycles. The number of benzene rings is 1. The molecule has 0 unspecified atom stereocenters. The van der Waals surface area contributed by atoms with Gasteiger partial charge in [-0.15, -0.1) is 0 Å². The Morgan fingerprint density at radius 2 is 1.91 bits per heavy atom. The van der Waals surface area contributed by atoms with Gasteiger partial charge in [0.15, 0.2) is 11.6 Å². The van der Waals surface area contributed by atoms with Gasteiger partial charge in [0.25, 0.3) is 0 Å². The van der Waals surface area contributed by atoms with Crippen LogP contribution in [0.25, 0.3) is 0 Å². The number of nitrogens with one attached hydrogen (secondary N) is 2. The average Bonchev–Trinajstić information content (AvgIpc) is 2.58. The first kappa shape index (κ1) is 16.7. The number of rotatable bonds is 8. The van der Waals surface area contributed by atoms with Crippen molar-refractivity contribution in [3.8, 4) is 11.5 Å². The van der Waals surface area contributed by atoms with Gasteiger partial charge < -0.3 is 25.8 Å². The van der Waals surface area contributed by atoms with Crippen molar-refractivity contribution in [2.75, 3.05) is 37.1 Å². The van der Waals surface area contributed by atoms with Crippen LogP contribution >= 0.6 is 0 Å². The van der Waals surface area contributed by atoms with Crippen LogP contribution in [0.5, 0.6) is 11.5 Å². The van der Waals surface area contributed by atoms with Gasteiger partial charge >= 0.3 is 0 Å². The van der Waals surface area contributed by atoms with Crippen LogP contribution < -0.4 is 25.8 Å². The average molecular weight is 317 g/mol. The van der Waals surface area contributed by atoms with Gasteiger partial charge in [0.05, 0.1) is 19.9 Å². The van der Waals surface area contributed by atoms with Gasteiger partial charge in [-0.1, -0.05) is 13.3 Å². The highest BCUT2D eigenvalue weighted by molar-refractivity contribution is 5.79. The lowest BCUT2D eigenvalue weighted by Crippen LogP contribution is -2.09. The highest BCUT2D eigenvalue weighted by Gasteiger charge is 2.11. The molecule has 0 saturated heterocycles. The van der Waals surface area contributed by atoms with Crippen LogP contribution in [0.15, 0.2) is 24.5 Å². The molecule has 4 N–H and O–H groups in total. The standard InChI is InChI=1S/C16H23N5O2/c1-4-5-8-18-15-14(17)16(20-10-19-15)21-12-7-6-11(22-2)9-13(12)23-3/h6-7,9-10H,4-5,8,17H2,1-3H3,(H2,18,19,20,21). The zero-order chi connectivity index (χ0) is 16.7. The van der Waals surface area contributed by atoms with Crippen LogP contribution in [0.4, 0.5) is 23.0 Å². The number of methoxy groups -OCH3 is 2. The Bertz CT molecular complexity index is 648. The Balaban J connectivity index is 2.21. The first-order valence-corrected chi connectivity index (χ1v) is 7.53. The molecular formula is C16H23N5O2. The van der Waals surface area contributed by atoms with E-state index in [1.165, 1.54) is 6.33 Å². The fourth-order valence-corrected chi connectivity index (χ4v) is 2.05. The number of nitrogen functional groups attached to an aromatic ring is 1. The normalized spacial score (nSPS) is 10.2. The van der Waals surface area contributed by atoms with Crippen molar-refractivity contribution in [1.29, 1.82) is 0 Å². The van der Waals surface area contributed by atoms with Gasteiger partial charge in [-0.3, -0.25) is 0 Å². The Kier molecular flexibility index (Phi) is 5.85. The predicted molar refractivity (Wildman–Crippen MR) is 92.7 cm³/mol. The maximum absolute atomic E-state index is 6.15. The van der Waals surface area contributed by atoms with E-state index in [1.807, 2.05) is 12.1 Å². The van der Waals surface area contributed by atoms with E-state index in [0.29, 0.717) is 28.8 Å². The molecule has 0 fully saturated rings. The minimum Gasteiger partial charge on any atom is -0.497 e. The monoisotopic (exact) mass is 317 g/mol. The maximum atomic E-state index is 6.15. The van der Waals surface area contributed by atoms with Crippen molar-refractivity contribution in [3.63, 3.8) is 0 Å². The highest BCUT2D eigenvalue weighted by atomic mass is 16.5. The number of anilines is 4. The third-order valence-electron chi connectivity index (χ3n) is 3.37. The summed E-state index contributed by atoms with van der Waals surface area (Å²) < 4.78 is 10.6. The first-order chi connectivity index (χ1) is 11.2. The molecule has 0 aliphatic heterocycles. The summed E-state index contributed by atoms with van der Waals surface area (Å²) in [6.07, 6.45) is 3.63. The molecule has 0 saturated carbocycles. The number of nitrogens with zero attached hydrogens (tertiary/aromatic N) is 2. The second-order valence-electron chi connectivity index (χ2n) is 4.96. The zero-order valence-corrected chi connectivity index (χ0v) is 13.7. The quantitative estimate of drug-likeness (QED) is 0.644. The second-order valence-corrected chi connectivity index (χ2v) is 4.96. The Morgan fingerprint density at radius 3 is 2.61 bits per heavy atom. The van der Waals surface area contributed by atoms with E-state index in [-0.39, 0.29) is 0 Å². The van der Waals surface area contributed by atoms with Crippen LogP contribution in [0, 0.1) is 0 Å². The summed E-state index contributed by atoms with van der Waals surface area (Å²) in [5, 5.41) is 6.40. The van der Waals surface area contributed by atoms with E-state index in [4.69, 9.17) is 15.2 Å². The second kappa shape index (κ2) is 8.07. The Morgan fingerprint density at radius 1 is 1.13 bits per heavy atom. The molecule has 1 heterocycles. The van der Waals surface area contributed by atoms with E-state index < -0.39 is 0 Å². The van der Waals surface area contributed by atoms with Crippen molar-refractivity contribution in [2.24, 2.45) is 0 Å². The van der Waals surface area contributed by atoms with E-state index in [0.717, 1.165) is 25.1 Å². The molecule has 2 aromatic rings. The summed E-state index contributed by atoms with van der Waals surface area (Å²) in [5.74, 6) is 2.51. The molecule has 0 radical (unpaired) electrons.